The fraction of sp³-hybridized carbons (Fsp3) is 0.545. The molecular weight excluding hydrogens is 620 g/mol. The number of rotatable bonds is 10. The minimum atomic E-state index is -1.28. The van der Waals surface area contributed by atoms with Gasteiger partial charge in [-0.15, -0.1) is 0 Å². The first-order chi connectivity index (χ1) is 22.9. The Morgan fingerprint density at radius 1 is 1.10 bits per heavy atom. The number of amides is 2. The summed E-state index contributed by atoms with van der Waals surface area (Å²) in [6.45, 7) is 6.28. The van der Waals surface area contributed by atoms with Gasteiger partial charge in [0, 0.05) is 19.1 Å². The second-order valence-corrected chi connectivity index (χ2v) is 13.2. The molecular formula is C33H44N8O7. The molecule has 0 unspecified atom stereocenters. The first-order valence-electron chi connectivity index (χ1n) is 16.1. The first-order valence-corrected chi connectivity index (χ1v) is 16.1. The monoisotopic (exact) mass is 664 g/mol. The zero-order valence-corrected chi connectivity index (χ0v) is 27.3. The molecule has 258 valence electrons. The van der Waals surface area contributed by atoms with Crippen LogP contribution in [0.4, 0.5) is 10.6 Å². The van der Waals surface area contributed by atoms with Crippen molar-refractivity contribution in [1.82, 2.24) is 35.1 Å². The molecule has 0 bridgehead atoms. The van der Waals surface area contributed by atoms with Crippen molar-refractivity contribution < 1.29 is 34.8 Å². The number of nitrogens with one attached hydrogen (secondary N) is 3. The molecule has 1 aliphatic carbocycles. The van der Waals surface area contributed by atoms with Gasteiger partial charge in [-0.2, -0.15) is 0 Å². The first kappa shape index (κ1) is 35.0. The van der Waals surface area contributed by atoms with Crippen molar-refractivity contribution in [2.24, 2.45) is 0 Å². The van der Waals surface area contributed by atoms with Crippen LogP contribution in [-0.4, -0.2) is 126 Å². The maximum Gasteiger partial charge on any atom is 0.407 e. The molecule has 3 heterocycles. The summed E-state index contributed by atoms with van der Waals surface area (Å²) in [7, 11) is 0. The predicted molar refractivity (Wildman–Crippen MR) is 176 cm³/mol. The summed E-state index contributed by atoms with van der Waals surface area (Å²) in [5, 5.41) is 49.8. The van der Waals surface area contributed by atoms with E-state index in [1.807, 2.05) is 51.1 Å². The van der Waals surface area contributed by atoms with E-state index >= 15 is 0 Å². The minimum absolute atomic E-state index is 0.0568. The van der Waals surface area contributed by atoms with Crippen molar-refractivity contribution in [2.45, 2.75) is 82.0 Å². The Hall–Kier alpha value is -4.33. The fourth-order valence-electron chi connectivity index (χ4n) is 6.05. The number of likely N-dealkylation sites (tertiary alicyclic amines) is 1. The van der Waals surface area contributed by atoms with Crippen LogP contribution < -0.4 is 16.0 Å². The Morgan fingerprint density at radius 2 is 1.88 bits per heavy atom. The summed E-state index contributed by atoms with van der Waals surface area (Å²) in [6.07, 6.45) is -0.0596. The summed E-state index contributed by atoms with van der Waals surface area (Å²) in [4.78, 5) is 40.0. The van der Waals surface area contributed by atoms with Crippen LogP contribution in [-0.2, 0) is 16.0 Å². The number of alkyl carbamates (subject to hydrolysis) is 1. The predicted octanol–water partition coefficient (Wildman–Crippen LogP) is -0.0640. The van der Waals surface area contributed by atoms with E-state index in [0.717, 1.165) is 18.5 Å². The number of aliphatic hydroxyl groups is 4. The van der Waals surface area contributed by atoms with Crippen molar-refractivity contribution in [2.75, 3.05) is 38.2 Å². The molecule has 6 atom stereocenters. The Balaban J connectivity index is 1.38. The van der Waals surface area contributed by atoms with Gasteiger partial charge in [0.2, 0.25) is 11.7 Å². The fourth-order valence-corrected chi connectivity index (χ4v) is 6.05. The third-order valence-electron chi connectivity index (χ3n) is 8.30. The lowest BCUT2D eigenvalue weighted by Crippen LogP contribution is -2.44. The number of ether oxygens (including phenoxy) is 1. The van der Waals surface area contributed by atoms with Crippen molar-refractivity contribution in [1.29, 1.82) is 0 Å². The van der Waals surface area contributed by atoms with Crippen molar-refractivity contribution in [3.63, 3.8) is 0 Å². The van der Waals surface area contributed by atoms with Gasteiger partial charge in [-0.1, -0.05) is 36.3 Å². The Kier molecular flexibility index (Phi) is 11.1. The molecule has 1 aliphatic heterocycles. The molecule has 15 heteroatoms. The summed E-state index contributed by atoms with van der Waals surface area (Å²) in [6, 6.07) is 7.75. The molecule has 3 aromatic rings. The molecule has 2 fully saturated rings. The van der Waals surface area contributed by atoms with Crippen LogP contribution in [0, 0.1) is 11.8 Å². The van der Waals surface area contributed by atoms with Crippen LogP contribution in [0.1, 0.15) is 51.0 Å². The number of aromatic nitrogens is 4. The smallest absolute Gasteiger partial charge is 0.407 e. The summed E-state index contributed by atoms with van der Waals surface area (Å²) >= 11 is 0. The van der Waals surface area contributed by atoms with E-state index in [2.05, 4.69) is 47.6 Å². The van der Waals surface area contributed by atoms with E-state index < -0.39 is 54.5 Å². The summed E-state index contributed by atoms with van der Waals surface area (Å²) in [5.74, 6) is 6.03. The lowest BCUT2D eigenvalue weighted by molar-refractivity contribution is -0.125. The van der Waals surface area contributed by atoms with Crippen LogP contribution in [0.25, 0.3) is 11.2 Å². The largest absolute Gasteiger partial charge is 0.444 e. The van der Waals surface area contributed by atoms with Gasteiger partial charge in [0.05, 0.1) is 37.6 Å². The molecule has 1 saturated carbocycles. The van der Waals surface area contributed by atoms with Crippen molar-refractivity contribution >= 4 is 29.0 Å². The van der Waals surface area contributed by atoms with Gasteiger partial charge >= 0.3 is 6.09 Å². The molecule has 1 aromatic carbocycles. The number of carbonyl (C=O) groups is 2. The Labute approximate surface area is 278 Å². The summed E-state index contributed by atoms with van der Waals surface area (Å²) < 4.78 is 7.00. The van der Waals surface area contributed by atoms with E-state index in [0.29, 0.717) is 36.5 Å². The maximum atomic E-state index is 12.2. The number of hydrogen-bond donors (Lipinski definition) is 7. The second-order valence-electron chi connectivity index (χ2n) is 13.2. The molecule has 2 aliphatic rings. The zero-order chi connectivity index (χ0) is 34.4. The number of benzene rings is 1. The third-order valence-corrected chi connectivity index (χ3v) is 8.30. The van der Waals surface area contributed by atoms with Crippen LogP contribution >= 0.6 is 0 Å². The van der Waals surface area contributed by atoms with Gasteiger partial charge < -0.3 is 45.7 Å². The number of hydrogen-bond acceptors (Lipinski definition) is 12. The Bertz CT molecular complexity index is 1630. The molecule has 0 radical (unpaired) electrons. The van der Waals surface area contributed by atoms with E-state index in [4.69, 9.17) is 9.84 Å². The number of aliphatic hydroxyl groups excluding tert-OH is 4. The van der Waals surface area contributed by atoms with E-state index in [-0.39, 0.29) is 24.9 Å². The average Bonchev–Trinajstić information content (AvgIpc) is 3.74. The highest BCUT2D eigenvalue weighted by molar-refractivity contribution is 5.84. The standard InChI is InChI=1S/C33H44N8O7/c1-33(2,3)48-32(47)36-21-11-13-40(16-21)12-7-10-25-38-30(35-22(17-42)14-20-8-5-4-6-9-20)27-31(39-25)41(19-34-27)24-15-23(28(45)29(24)46)37-26(44)18-43/h4-6,8-9,19,21-24,28-29,42-43,45-46H,11-18H2,1-3H3,(H,36,47)(H,37,44)(H,35,38,39)/t21-,22+,23+,24-,28-,29+/m1/s1. The van der Waals surface area contributed by atoms with Crippen molar-refractivity contribution in [3.05, 3.63) is 48.0 Å². The van der Waals surface area contributed by atoms with Crippen LogP contribution in [0.2, 0.25) is 0 Å². The van der Waals surface area contributed by atoms with E-state index in [1.165, 1.54) is 6.33 Å². The SMILES string of the molecule is CC(C)(C)OC(=O)N[C@@H]1CCN(CC#Cc2nc(N[C@H](CO)Cc3ccccc3)c3ncn([C@@H]4C[C@H](NC(=O)CO)[C@@H](O)[C@H]4O)c3n2)C1. The minimum Gasteiger partial charge on any atom is -0.444 e. The van der Waals surface area contributed by atoms with E-state index in [9.17, 15) is 24.9 Å². The van der Waals surface area contributed by atoms with Gasteiger partial charge in [-0.25, -0.2) is 19.7 Å². The molecule has 48 heavy (non-hydrogen) atoms. The molecule has 0 spiro atoms. The Morgan fingerprint density at radius 3 is 2.58 bits per heavy atom. The van der Waals surface area contributed by atoms with Crippen molar-refractivity contribution in [3.8, 4) is 11.8 Å². The molecule has 2 amide bonds. The molecule has 5 rings (SSSR count). The summed E-state index contributed by atoms with van der Waals surface area (Å²) in [5.41, 5.74) is 1.17. The average molecular weight is 665 g/mol. The van der Waals surface area contributed by atoms with Gasteiger partial charge in [-0.3, -0.25) is 9.69 Å². The molecule has 2 aromatic heterocycles. The lowest BCUT2D eigenvalue weighted by atomic mass is 10.1. The van der Waals surface area contributed by atoms with Gasteiger partial charge in [0.25, 0.3) is 0 Å². The molecule has 1 saturated heterocycles. The van der Waals surface area contributed by atoms with Gasteiger partial charge in [0.15, 0.2) is 17.0 Å². The number of anilines is 1. The second kappa shape index (κ2) is 15.3. The number of nitrogens with zero attached hydrogens (tertiary/aromatic N) is 5. The normalized spacial score (nSPS) is 23.4. The zero-order valence-electron chi connectivity index (χ0n) is 27.3. The quantitative estimate of drug-likeness (QED) is 0.142. The molecule has 7 N–H and O–H groups in total. The van der Waals surface area contributed by atoms with E-state index in [1.54, 1.807) is 4.57 Å². The third kappa shape index (κ3) is 8.77. The van der Waals surface area contributed by atoms with Gasteiger partial charge in [-0.05, 0) is 51.5 Å². The lowest BCUT2D eigenvalue weighted by Gasteiger charge is -2.21. The number of carbonyl (C=O) groups excluding carboxylic acids is 2. The van der Waals surface area contributed by atoms with Crippen LogP contribution in [0.5, 0.6) is 0 Å². The number of imidazole rings is 1. The highest BCUT2D eigenvalue weighted by Gasteiger charge is 2.44. The molecule has 15 nitrogen and oxygen atoms in total. The highest BCUT2D eigenvalue weighted by Crippen LogP contribution is 2.34. The number of fused-ring (bicyclic) bond motifs is 1. The topological polar surface area (TPSA) is 207 Å². The van der Waals surface area contributed by atoms with Crippen LogP contribution in [0.3, 0.4) is 0 Å². The highest BCUT2D eigenvalue weighted by atomic mass is 16.6. The maximum absolute atomic E-state index is 12.2. The van der Waals surface area contributed by atoms with Gasteiger partial charge in [0.1, 0.15) is 24.4 Å². The van der Waals surface area contributed by atoms with Crippen LogP contribution in [0.15, 0.2) is 36.7 Å².